The van der Waals surface area contributed by atoms with Gasteiger partial charge in [-0.25, -0.2) is 0 Å². The van der Waals surface area contributed by atoms with Crippen LogP contribution in [0.15, 0.2) is 0 Å². The van der Waals surface area contributed by atoms with Crippen molar-refractivity contribution in [3.63, 3.8) is 0 Å². The second-order valence-electron chi connectivity index (χ2n) is 3.39. The van der Waals surface area contributed by atoms with Crippen LogP contribution in [0.5, 0.6) is 0 Å². The van der Waals surface area contributed by atoms with Crippen molar-refractivity contribution in [1.82, 2.24) is 0 Å². The van der Waals surface area contributed by atoms with Crippen LogP contribution in [0.3, 0.4) is 0 Å². The van der Waals surface area contributed by atoms with Gasteiger partial charge in [-0.15, -0.1) is 0 Å². The van der Waals surface area contributed by atoms with E-state index in [0.29, 0.717) is 5.25 Å². The zero-order valence-electron chi connectivity index (χ0n) is 9.83. The zero-order valence-corrected chi connectivity index (χ0v) is 14.1. The van der Waals surface area contributed by atoms with Gasteiger partial charge in [0.2, 0.25) is 0 Å². The average Bonchev–Trinajstić information content (AvgIpc) is 2.34. The molecule has 2 unspecified atom stereocenters. The number of hydrogen-bond donors (Lipinski definition) is 4. The van der Waals surface area contributed by atoms with Crippen LogP contribution in [-0.2, 0) is 0 Å². The minimum Gasteiger partial charge on any atom is -0.396 e. The largest absolute Gasteiger partial charge is 0.396 e. The average molecular weight is 335 g/mol. The van der Waals surface area contributed by atoms with Crippen LogP contribution >= 0.6 is 60.5 Å². The van der Waals surface area contributed by atoms with Crippen LogP contribution in [0, 0.1) is 0 Å². The number of thiol groups is 2. The Morgan fingerprint density at radius 3 is 2.29 bits per heavy atom. The lowest BCUT2D eigenvalue weighted by atomic mass is 10.5. The van der Waals surface area contributed by atoms with Gasteiger partial charge in [-0.05, 0) is 5.75 Å². The van der Waals surface area contributed by atoms with Gasteiger partial charge < -0.3 is 10.2 Å². The Kier molecular flexibility index (Phi) is 15.5. The lowest BCUT2D eigenvalue weighted by Gasteiger charge is -2.16. The van der Waals surface area contributed by atoms with Gasteiger partial charge in [0.15, 0.2) is 0 Å². The first kappa shape index (κ1) is 18.7. The molecule has 2 nitrogen and oxygen atoms in total. The van der Waals surface area contributed by atoms with E-state index in [9.17, 15) is 5.11 Å². The maximum atomic E-state index is 9.75. The third kappa shape index (κ3) is 12.4. The highest BCUT2D eigenvalue weighted by Crippen LogP contribution is 2.19. The van der Waals surface area contributed by atoms with E-state index in [4.69, 9.17) is 5.11 Å². The summed E-state index contributed by atoms with van der Waals surface area (Å²) in [7, 11) is 0. The molecule has 0 bridgehead atoms. The monoisotopic (exact) mass is 334 g/mol. The molecule has 0 amide bonds. The molecule has 0 fully saturated rings. The molecule has 2 atom stereocenters. The molecule has 7 heteroatoms. The van der Waals surface area contributed by atoms with Crippen LogP contribution in [0.1, 0.15) is 0 Å². The summed E-state index contributed by atoms with van der Waals surface area (Å²) >= 11 is 13.7. The fourth-order valence-electron chi connectivity index (χ4n) is 1.01. The van der Waals surface area contributed by atoms with E-state index in [0.717, 1.165) is 40.3 Å². The van der Waals surface area contributed by atoms with Gasteiger partial charge in [-0.3, -0.25) is 0 Å². The third-order valence-electron chi connectivity index (χ3n) is 1.81. The second-order valence-corrected chi connectivity index (χ2v) is 7.83. The molecule has 0 aliphatic heterocycles. The van der Waals surface area contributed by atoms with Crippen LogP contribution in [0.25, 0.3) is 0 Å². The topological polar surface area (TPSA) is 40.5 Å². The molecule has 0 saturated heterocycles. The van der Waals surface area contributed by atoms with E-state index >= 15 is 0 Å². The molecule has 0 rings (SSSR count). The number of hydrogen-bond acceptors (Lipinski definition) is 7. The van der Waals surface area contributed by atoms with Gasteiger partial charge in [-0.2, -0.15) is 60.5 Å². The Hall–Kier alpha value is 1.67. The van der Waals surface area contributed by atoms with Crippen molar-refractivity contribution in [2.75, 3.05) is 46.9 Å². The minimum atomic E-state index is -0.241. The quantitative estimate of drug-likeness (QED) is 0.323. The normalized spacial score (nSPS) is 14.8. The fourth-order valence-corrected chi connectivity index (χ4v) is 4.92. The fraction of sp³-hybridized carbons (Fsp3) is 1.00. The zero-order chi connectivity index (χ0) is 12.9. The predicted octanol–water partition coefficient (Wildman–Crippen LogP) is 1.77. The molecule has 0 aliphatic rings. The smallest absolute Gasteiger partial charge is 0.0720 e. The second kappa shape index (κ2) is 14.1. The van der Waals surface area contributed by atoms with E-state index < -0.39 is 0 Å². The molecule has 0 saturated carbocycles. The summed E-state index contributed by atoms with van der Waals surface area (Å²) in [6.45, 7) is 0.234. The summed E-state index contributed by atoms with van der Waals surface area (Å²) in [5, 5.41) is 18.9. The van der Waals surface area contributed by atoms with Crippen molar-refractivity contribution in [2.45, 2.75) is 11.4 Å². The van der Waals surface area contributed by atoms with E-state index in [-0.39, 0.29) is 12.7 Å². The van der Waals surface area contributed by atoms with Crippen LogP contribution in [0.4, 0.5) is 0 Å². The molecule has 17 heavy (non-hydrogen) atoms. The first-order chi connectivity index (χ1) is 8.24. The lowest BCUT2D eigenvalue weighted by molar-refractivity contribution is 0.225. The molecule has 2 N–H and O–H groups in total. The Morgan fingerprint density at radius 2 is 1.71 bits per heavy atom. The minimum absolute atomic E-state index is 0.234. The van der Waals surface area contributed by atoms with Crippen molar-refractivity contribution in [2.24, 2.45) is 0 Å². The molecule has 104 valence electrons. The Labute approximate surface area is 128 Å². The first-order valence-electron chi connectivity index (χ1n) is 5.52. The van der Waals surface area contributed by atoms with Crippen LogP contribution in [-0.4, -0.2) is 68.4 Å². The van der Waals surface area contributed by atoms with Gasteiger partial charge in [0, 0.05) is 39.8 Å². The van der Waals surface area contributed by atoms with Gasteiger partial charge in [0.05, 0.1) is 12.7 Å². The number of aliphatic hydroxyl groups excluding tert-OH is 2. The van der Waals surface area contributed by atoms with E-state index in [1.54, 1.807) is 35.3 Å². The maximum Gasteiger partial charge on any atom is 0.0720 e. The highest BCUT2D eigenvalue weighted by atomic mass is 32.2. The molecule has 0 heterocycles. The molecule has 0 aromatic heterocycles. The summed E-state index contributed by atoms with van der Waals surface area (Å²) in [5.74, 6) is 6.01. The van der Waals surface area contributed by atoms with E-state index in [2.05, 4.69) is 25.3 Å². The summed E-state index contributed by atoms with van der Waals surface area (Å²) < 4.78 is 0. The standard InChI is InChI=1S/C10H22O2S5/c11-1-3-15-8-10(5-14)17-7-9(12)6-16-4-2-13/h9-14H,1-8H2. The highest BCUT2D eigenvalue weighted by molar-refractivity contribution is 8.04. The van der Waals surface area contributed by atoms with E-state index in [1.807, 2.05) is 0 Å². The number of rotatable bonds is 12. The predicted molar refractivity (Wildman–Crippen MR) is 91.7 cm³/mol. The molecule has 0 radical (unpaired) electrons. The van der Waals surface area contributed by atoms with Crippen LogP contribution in [0.2, 0.25) is 0 Å². The molecular formula is C10H22O2S5. The Morgan fingerprint density at radius 1 is 1.00 bits per heavy atom. The van der Waals surface area contributed by atoms with E-state index in [1.165, 1.54) is 0 Å². The molecule has 0 aromatic carbocycles. The van der Waals surface area contributed by atoms with Crippen molar-refractivity contribution in [3.8, 4) is 0 Å². The van der Waals surface area contributed by atoms with Gasteiger partial charge in [0.1, 0.15) is 0 Å². The summed E-state index contributed by atoms with van der Waals surface area (Å²) in [6.07, 6.45) is -0.241. The molecule has 0 aromatic rings. The third-order valence-corrected chi connectivity index (χ3v) is 6.84. The van der Waals surface area contributed by atoms with Crippen molar-refractivity contribution in [3.05, 3.63) is 0 Å². The Bertz CT molecular complexity index is 162. The molecule has 0 spiro atoms. The highest BCUT2D eigenvalue weighted by Gasteiger charge is 2.11. The number of thioether (sulfide) groups is 3. The lowest BCUT2D eigenvalue weighted by Crippen LogP contribution is -2.18. The summed E-state index contributed by atoms with van der Waals surface area (Å²) in [4.78, 5) is 0. The van der Waals surface area contributed by atoms with Crippen molar-refractivity contribution >= 4 is 60.5 Å². The maximum absolute atomic E-state index is 9.75. The van der Waals surface area contributed by atoms with Gasteiger partial charge >= 0.3 is 0 Å². The van der Waals surface area contributed by atoms with Gasteiger partial charge in [-0.1, -0.05) is 0 Å². The number of aliphatic hydroxyl groups is 2. The Balaban J connectivity index is 3.52. The molecular weight excluding hydrogens is 312 g/mol. The van der Waals surface area contributed by atoms with Crippen LogP contribution < -0.4 is 0 Å². The summed E-state index contributed by atoms with van der Waals surface area (Å²) in [5.41, 5.74) is 0. The van der Waals surface area contributed by atoms with Crippen molar-refractivity contribution < 1.29 is 10.2 Å². The summed E-state index contributed by atoms with van der Waals surface area (Å²) in [6, 6.07) is 0. The SMILES string of the molecule is OCCSCC(CS)SCC(O)CSCCS. The molecule has 0 aliphatic carbocycles. The van der Waals surface area contributed by atoms with Crippen molar-refractivity contribution in [1.29, 1.82) is 0 Å². The first-order valence-corrected chi connectivity index (χ1v) is 10.1. The van der Waals surface area contributed by atoms with Gasteiger partial charge in [0.25, 0.3) is 0 Å².